The molecule has 3 aliphatic rings. The summed E-state index contributed by atoms with van der Waals surface area (Å²) < 4.78 is 5.78. The van der Waals surface area contributed by atoms with Gasteiger partial charge in [0.15, 0.2) is 5.69 Å². The van der Waals surface area contributed by atoms with Crippen molar-refractivity contribution in [3.8, 4) is 5.75 Å². The second-order valence-electron chi connectivity index (χ2n) is 10.6. The van der Waals surface area contributed by atoms with Crippen LogP contribution in [0.1, 0.15) is 59.8 Å². The third-order valence-corrected chi connectivity index (χ3v) is 8.39. The van der Waals surface area contributed by atoms with E-state index in [1.165, 1.54) is 17.7 Å². The highest BCUT2D eigenvalue weighted by molar-refractivity contribution is 5.79. The molecule has 1 unspecified atom stereocenters. The van der Waals surface area contributed by atoms with Gasteiger partial charge >= 0.3 is 5.97 Å². The molecule has 3 N–H and O–H groups in total. The molecule has 4 rings (SSSR count). The molecule has 6 heteroatoms. The summed E-state index contributed by atoms with van der Waals surface area (Å²) >= 11 is 0. The van der Waals surface area contributed by atoms with Crippen molar-refractivity contribution in [3.05, 3.63) is 52.8 Å². The first-order valence-electron chi connectivity index (χ1n) is 11.7. The number of esters is 1. The number of rotatable bonds is 4. The number of nitrogens with one attached hydrogen (secondary N) is 1. The third-order valence-electron chi connectivity index (χ3n) is 8.39. The number of ether oxygens (including phenoxy) is 1. The molecule has 32 heavy (non-hydrogen) atoms. The molecular weight excluding hydrogens is 406 g/mol. The molecule has 0 saturated heterocycles. The van der Waals surface area contributed by atoms with Crippen molar-refractivity contribution in [1.29, 1.82) is 0 Å². The topological polar surface area (TPSA) is 94.3 Å². The fourth-order valence-corrected chi connectivity index (χ4v) is 6.53. The number of carbonyl (C=O) groups excluding carboxylic acids is 1. The Labute approximate surface area is 190 Å². The van der Waals surface area contributed by atoms with Gasteiger partial charge in [-0.1, -0.05) is 39.3 Å². The van der Waals surface area contributed by atoms with Gasteiger partial charge in [-0.15, -0.1) is 0 Å². The summed E-state index contributed by atoms with van der Waals surface area (Å²) in [6.45, 7) is 8.57. The van der Waals surface area contributed by atoms with Crippen molar-refractivity contribution < 1.29 is 25.1 Å². The molecule has 0 aromatic heterocycles. The number of hydrogen-bond donors (Lipinski definition) is 3. The van der Waals surface area contributed by atoms with Crippen LogP contribution in [0.3, 0.4) is 0 Å². The van der Waals surface area contributed by atoms with Gasteiger partial charge in [0.1, 0.15) is 5.75 Å². The molecule has 0 spiro atoms. The van der Waals surface area contributed by atoms with Gasteiger partial charge in [-0.3, -0.25) is 4.79 Å². The number of benzene rings is 1. The van der Waals surface area contributed by atoms with Crippen molar-refractivity contribution in [2.75, 3.05) is 0 Å². The molecule has 6 nitrogen and oxygen atoms in total. The molecule has 1 aromatic rings. The Hall–Kier alpha value is -1.99. The van der Waals surface area contributed by atoms with E-state index in [-0.39, 0.29) is 28.9 Å². The number of aliphatic hydroxyl groups is 1. The molecule has 1 aromatic carbocycles. The van der Waals surface area contributed by atoms with Gasteiger partial charge in [0.05, 0.1) is 11.5 Å². The Morgan fingerprint density at radius 2 is 1.91 bits per heavy atom. The monoisotopic (exact) mass is 441 g/mol. The first kappa shape index (κ1) is 23.2. The van der Waals surface area contributed by atoms with Crippen LogP contribution in [0, 0.1) is 33.8 Å². The Morgan fingerprint density at radius 3 is 2.53 bits per heavy atom. The fourth-order valence-electron chi connectivity index (χ4n) is 6.53. The van der Waals surface area contributed by atoms with Crippen LogP contribution >= 0.6 is 0 Å². The number of allylic oxidation sites excluding steroid dienone is 3. The van der Waals surface area contributed by atoms with Gasteiger partial charge in [-0.25, -0.2) is 5.21 Å². The van der Waals surface area contributed by atoms with E-state index >= 15 is 0 Å². The Morgan fingerprint density at radius 1 is 1.22 bits per heavy atom. The molecule has 174 valence electrons. The molecule has 3 aliphatic carbocycles. The van der Waals surface area contributed by atoms with Crippen LogP contribution in [0.25, 0.3) is 0 Å². The maximum atomic E-state index is 13.5. The molecule has 0 aliphatic heterocycles. The average Bonchev–Trinajstić information content (AvgIpc) is 2.73. The first-order chi connectivity index (χ1) is 15.1. The normalized spacial score (nSPS) is 35.3. The number of fused-ring (bicyclic) bond motifs is 3. The minimum absolute atomic E-state index is 0.0801. The van der Waals surface area contributed by atoms with Crippen molar-refractivity contribution in [2.45, 2.75) is 65.9 Å². The van der Waals surface area contributed by atoms with Gasteiger partial charge < -0.3 is 15.1 Å². The average molecular weight is 442 g/mol. The zero-order valence-corrected chi connectivity index (χ0v) is 19.4. The number of carbonyl (C=O) groups is 1. The smallest absolute Gasteiger partial charge is 0.317 e. The minimum Gasteiger partial charge on any atom is -0.595 e. The summed E-state index contributed by atoms with van der Waals surface area (Å²) in [5.74, 6) is 0.809. The van der Waals surface area contributed by atoms with Crippen molar-refractivity contribution >= 4 is 11.7 Å². The van der Waals surface area contributed by atoms with Crippen LogP contribution in [0.15, 0.2) is 47.6 Å². The molecule has 1 saturated carbocycles. The summed E-state index contributed by atoms with van der Waals surface area (Å²) in [7, 11) is 0. The SMILES string of the molecule is CC(C)C1=CC2=CC[C@@H]3[C@](C)(CCC[C@@]3(C)C(=O)Oc3ccc([NH+]([O-])O)cc3)[C@H]2C[C@@H]1O. The third kappa shape index (κ3) is 3.83. The predicted octanol–water partition coefficient (Wildman–Crippen LogP) is 4.10. The molecule has 0 radical (unpaired) electrons. The van der Waals surface area contributed by atoms with Crippen molar-refractivity contribution in [1.82, 2.24) is 0 Å². The number of quaternary nitrogens is 1. The van der Waals surface area contributed by atoms with Crippen LogP contribution in [-0.2, 0) is 4.79 Å². The molecule has 0 amide bonds. The Balaban J connectivity index is 1.61. The zero-order valence-electron chi connectivity index (χ0n) is 19.4. The van der Waals surface area contributed by atoms with Gasteiger partial charge in [-0.2, -0.15) is 5.23 Å². The lowest BCUT2D eigenvalue weighted by atomic mass is 9.46. The summed E-state index contributed by atoms with van der Waals surface area (Å²) in [5, 5.41) is 30.0. The Bertz CT molecular complexity index is 934. The molecule has 0 heterocycles. The second kappa shape index (κ2) is 8.41. The maximum Gasteiger partial charge on any atom is 0.317 e. The van der Waals surface area contributed by atoms with E-state index in [1.54, 1.807) is 12.1 Å². The highest BCUT2D eigenvalue weighted by Gasteiger charge is 2.58. The lowest BCUT2D eigenvalue weighted by Gasteiger charge is -2.57. The molecule has 0 bridgehead atoms. The van der Waals surface area contributed by atoms with E-state index in [2.05, 4.69) is 32.9 Å². The van der Waals surface area contributed by atoms with Gasteiger partial charge in [0.2, 0.25) is 0 Å². The van der Waals surface area contributed by atoms with Crippen LogP contribution in [0.5, 0.6) is 5.75 Å². The molecular formula is C26H35NO5. The summed E-state index contributed by atoms with van der Waals surface area (Å²) in [6, 6.07) is 5.99. The first-order valence-corrected chi connectivity index (χ1v) is 11.7. The van der Waals surface area contributed by atoms with Gasteiger partial charge in [0, 0.05) is 12.1 Å². The van der Waals surface area contributed by atoms with E-state index in [4.69, 9.17) is 9.94 Å². The lowest BCUT2D eigenvalue weighted by Crippen LogP contribution is -2.99. The van der Waals surface area contributed by atoms with E-state index < -0.39 is 16.7 Å². The number of aliphatic hydroxyl groups excluding tert-OH is 1. The summed E-state index contributed by atoms with van der Waals surface area (Å²) in [4.78, 5) is 13.5. The predicted molar refractivity (Wildman–Crippen MR) is 121 cm³/mol. The molecule has 1 fully saturated rings. The minimum atomic E-state index is -1.01. The quantitative estimate of drug-likeness (QED) is 0.372. The van der Waals surface area contributed by atoms with Crippen molar-refractivity contribution in [3.63, 3.8) is 0 Å². The van der Waals surface area contributed by atoms with E-state index in [0.29, 0.717) is 18.1 Å². The van der Waals surface area contributed by atoms with Crippen LogP contribution in [-0.4, -0.2) is 22.4 Å². The highest BCUT2D eigenvalue weighted by atomic mass is 16.8. The van der Waals surface area contributed by atoms with E-state index in [9.17, 15) is 15.1 Å². The zero-order chi connectivity index (χ0) is 23.3. The van der Waals surface area contributed by atoms with E-state index in [1.807, 2.05) is 6.92 Å². The number of hydrogen-bond acceptors (Lipinski definition) is 5. The molecule has 6 atom stereocenters. The lowest BCUT2D eigenvalue weighted by molar-refractivity contribution is -0.991. The largest absolute Gasteiger partial charge is 0.595 e. The van der Waals surface area contributed by atoms with Crippen LogP contribution in [0.2, 0.25) is 0 Å². The van der Waals surface area contributed by atoms with Crippen LogP contribution < -0.4 is 9.96 Å². The van der Waals surface area contributed by atoms with E-state index in [0.717, 1.165) is 31.3 Å². The second-order valence-corrected chi connectivity index (χ2v) is 10.6. The van der Waals surface area contributed by atoms with Gasteiger partial charge in [0.25, 0.3) is 0 Å². The fraction of sp³-hybridized carbons (Fsp3) is 0.577. The Kier molecular flexibility index (Phi) is 6.09. The van der Waals surface area contributed by atoms with Crippen LogP contribution in [0.4, 0.5) is 5.69 Å². The summed E-state index contributed by atoms with van der Waals surface area (Å²) in [5.41, 5.74) is 1.88. The van der Waals surface area contributed by atoms with Gasteiger partial charge in [-0.05, 0) is 79.1 Å². The van der Waals surface area contributed by atoms with Crippen molar-refractivity contribution in [2.24, 2.45) is 28.6 Å². The standard InChI is InChI=1S/C26H35NO5/c1-16(2)20-14-17-6-11-23-25(3,21(17)15-22(20)28)12-5-13-26(23,4)24(29)32-19-9-7-18(8-10-19)27(30)31/h6-10,14,16,21-23,27-28,30H,5,11-13,15H2,1-4H3/t21-,22-,23+,25+,26+/m0/s1. The maximum absolute atomic E-state index is 13.5. The highest BCUT2D eigenvalue weighted by Crippen LogP contribution is 2.62. The summed E-state index contributed by atoms with van der Waals surface area (Å²) in [6.07, 6.45) is 8.34.